The minimum atomic E-state index is -0.971. The van der Waals surface area contributed by atoms with Crippen molar-refractivity contribution in [3.05, 3.63) is 47.7 Å². The van der Waals surface area contributed by atoms with Crippen LogP contribution in [0.2, 0.25) is 0 Å². The molecule has 1 aromatic carbocycles. The normalized spacial score (nSPS) is 11.6. The highest BCUT2D eigenvalue weighted by Gasteiger charge is 2.02. The summed E-state index contributed by atoms with van der Waals surface area (Å²) in [6.45, 7) is 1.80. The molecule has 1 aromatic heterocycles. The van der Waals surface area contributed by atoms with Crippen LogP contribution in [0.5, 0.6) is 0 Å². The second-order valence-corrected chi connectivity index (χ2v) is 5.42. The molecule has 0 aliphatic rings. The van der Waals surface area contributed by atoms with Crippen molar-refractivity contribution in [1.82, 2.24) is 4.98 Å². The number of aromatic nitrogens is 1. The van der Waals surface area contributed by atoms with Crippen molar-refractivity contribution < 1.29 is 4.21 Å². The van der Waals surface area contributed by atoms with Gasteiger partial charge in [-0.05, 0) is 43.3 Å². The van der Waals surface area contributed by atoms with Crippen molar-refractivity contribution in [2.24, 2.45) is 0 Å². The molecule has 1 N–H and O–H groups in total. The Hall–Kier alpha value is -2.19. The van der Waals surface area contributed by atoms with Crippen molar-refractivity contribution in [3.63, 3.8) is 0 Å². The van der Waals surface area contributed by atoms with Gasteiger partial charge >= 0.3 is 0 Å². The quantitative estimate of drug-likeness (QED) is 0.932. The summed E-state index contributed by atoms with van der Waals surface area (Å²) in [4.78, 5) is 5.09. The molecule has 2 rings (SSSR count). The maximum atomic E-state index is 11.3. The van der Waals surface area contributed by atoms with Crippen LogP contribution in [0.4, 0.5) is 11.5 Å². The summed E-state index contributed by atoms with van der Waals surface area (Å²) in [6.07, 6.45) is 1.65. The molecule has 4 nitrogen and oxygen atoms in total. The molecule has 5 heteroatoms. The number of nitrogens with one attached hydrogen (secondary N) is 1. The van der Waals surface area contributed by atoms with Crippen LogP contribution in [0.1, 0.15) is 11.3 Å². The molecule has 1 unspecified atom stereocenters. The van der Waals surface area contributed by atoms with E-state index >= 15 is 0 Å². The zero-order valence-electron chi connectivity index (χ0n) is 10.7. The summed E-state index contributed by atoms with van der Waals surface area (Å²) < 4.78 is 11.3. The molecule has 0 fully saturated rings. The smallest absolute Gasteiger partial charge is 0.130 e. The summed E-state index contributed by atoms with van der Waals surface area (Å²) in [5.41, 5.74) is 2.13. The first kappa shape index (κ1) is 13.2. The van der Waals surface area contributed by atoms with Gasteiger partial charge in [-0.15, -0.1) is 0 Å². The highest BCUT2D eigenvalue weighted by atomic mass is 32.2. The van der Waals surface area contributed by atoms with Gasteiger partial charge in [0.25, 0.3) is 0 Å². The van der Waals surface area contributed by atoms with Gasteiger partial charge in [0.15, 0.2) is 0 Å². The Balaban J connectivity index is 2.19. The largest absolute Gasteiger partial charge is 0.340 e. The van der Waals surface area contributed by atoms with Gasteiger partial charge in [0.1, 0.15) is 11.9 Å². The maximum absolute atomic E-state index is 11.3. The van der Waals surface area contributed by atoms with Crippen LogP contribution in [0.25, 0.3) is 0 Å². The monoisotopic (exact) mass is 271 g/mol. The standard InChI is InChI=1S/C14H13N3OS/c1-10-11(9-15)3-8-14(16-10)17-12-4-6-13(7-5-12)19(2)18/h3-8H,1-2H3,(H,16,17). The van der Waals surface area contributed by atoms with Gasteiger partial charge < -0.3 is 5.32 Å². The van der Waals surface area contributed by atoms with E-state index in [0.717, 1.165) is 10.6 Å². The summed E-state index contributed by atoms with van der Waals surface area (Å²) in [5, 5.41) is 12.0. The summed E-state index contributed by atoms with van der Waals surface area (Å²) in [7, 11) is -0.971. The van der Waals surface area contributed by atoms with Gasteiger partial charge in [0.05, 0.1) is 11.3 Å². The fourth-order valence-corrected chi connectivity index (χ4v) is 2.15. The molecular weight excluding hydrogens is 258 g/mol. The zero-order valence-corrected chi connectivity index (χ0v) is 11.5. The number of aryl methyl sites for hydroxylation is 1. The molecule has 1 atom stereocenters. The van der Waals surface area contributed by atoms with Gasteiger partial charge in [-0.1, -0.05) is 0 Å². The molecule has 0 amide bonds. The van der Waals surface area contributed by atoms with Gasteiger partial charge in [-0.25, -0.2) is 4.98 Å². The van der Waals surface area contributed by atoms with Gasteiger partial charge in [-0.3, -0.25) is 4.21 Å². The Morgan fingerprint density at radius 1 is 1.21 bits per heavy atom. The second kappa shape index (κ2) is 5.63. The SMILES string of the molecule is Cc1nc(Nc2ccc(S(C)=O)cc2)ccc1C#N. The number of nitriles is 1. The highest BCUT2D eigenvalue weighted by molar-refractivity contribution is 7.84. The van der Waals surface area contributed by atoms with Gasteiger partial charge in [0, 0.05) is 27.6 Å². The van der Waals surface area contributed by atoms with Gasteiger partial charge in [0.2, 0.25) is 0 Å². The minimum absolute atomic E-state index is 0.572. The number of benzene rings is 1. The summed E-state index contributed by atoms with van der Waals surface area (Å²) in [5.74, 6) is 0.682. The van der Waals surface area contributed by atoms with E-state index in [2.05, 4.69) is 16.4 Å². The Bertz CT molecular complexity index is 659. The molecule has 0 spiro atoms. The van der Waals surface area contributed by atoms with E-state index in [9.17, 15) is 4.21 Å². The first-order valence-electron chi connectivity index (χ1n) is 5.68. The van der Waals surface area contributed by atoms with E-state index in [1.165, 1.54) is 0 Å². The lowest BCUT2D eigenvalue weighted by molar-refractivity contribution is 0.687. The third-order valence-corrected chi connectivity index (χ3v) is 3.60. The predicted octanol–water partition coefficient (Wildman–Crippen LogP) is 2.74. The number of nitrogens with zero attached hydrogens (tertiary/aromatic N) is 2. The van der Waals surface area contributed by atoms with E-state index in [-0.39, 0.29) is 0 Å². The molecule has 0 bridgehead atoms. The van der Waals surface area contributed by atoms with E-state index in [1.54, 1.807) is 25.3 Å². The first-order valence-corrected chi connectivity index (χ1v) is 7.24. The summed E-state index contributed by atoms with van der Waals surface area (Å²) in [6, 6.07) is 12.9. The fraction of sp³-hybridized carbons (Fsp3) is 0.143. The number of rotatable bonds is 3. The number of anilines is 2. The molecule has 0 aliphatic carbocycles. The molecule has 96 valence electrons. The van der Waals surface area contributed by atoms with Crippen molar-refractivity contribution >= 4 is 22.3 Å². The molecular formula is C14H13N3OS. The Morgan fingerprint density at radius 3 is 2.42 bits per heavy atom. The van der Waals surface area contributed by atoms with Crippen molar-refractivity contribution in [1.29, 1.82) is 5.26 Å². The van der Waals surface area contributed by atoms with Crippen LogP contribution in [-0.2, 0) is 10.8 Å². The van der Waals surface area contributed by atoms with Crippen LogP contribution >= 0.6 is 0 Å². The molecule has 19 heavy (non-hydrogen) atoms. The first-order chi connectivity index (χ1) is 9.10. The highest BCUT2D eigenvalue weighted by Crippen LogP contribution is 2.17. The van der Waals surface area contributed by atoms with E-state index in [4.69, 9.17) is 5.26 Å². The van der Waals surface area contributed by atoms with Crippen LogP contribution in [0, 0.1) is 18.3 Å². The molecule has 0 saturated heterocycles. The minimum Gasteiger partial charge on any atom is -0.340 e. The van der Waals surface area contributed by atoms with Gasteiger partial charge in [-0.2, -0.15) is 5.26 Å². The topological polar surface area (TPSA) is 65.8 Å². The molecule has 2 aromatic rings. The van der Waals surface area contributed by atoms with Crippen molar-refractivity contribution in [2.75, 3.05) is 11.6 Å². The van der Waals surface area contributed by atoms with Crippen molar-refractivity contribution in [3.8, 4) is 6.07 Å². The Morgan fingerprint density at radius 2 is 1.89 bits per heavy atom. The Kier molecular flexibility index (Phi) is 3.93. The third kappa shape index (κ3) is 3.18. The third-order valence-electron chi connectivity index (χ3n) is 2.66. The van der Waals surface area contributed by atoms with E-state index in [0.29, 0.717) is 17.1 Å². The molecule has 0 saturated carbocycles. The second-order valence-electron chi connectivity index (χ2n) is 4.04. The van der Waals surface area contributed by atoms with Crippen LogP contribution in [-0.4, -0.2) is 15.4 Å². The summed E-state index contributed by atoms with van der Waals surface area (Å²) >= 11 is 0. The molecule has 0 aliphatic heterocycles. The number of pyridine rings is 1. The maximum Gasteiger partial charge on any atom is 0.130 e. The van der Waals surface area contributed by atoms with E-state index < -0.39 is 10.8 Å². The molecule has 0 radical (unpaired) electrons. The lowest BCUT2D eigenvalue weighted by Gasteiger charge is -2.07. The number of hydrogen-bond acceptors (Lipinski definition) is 4. The fourth-order valence-electron chi connectivity index (χ4n) is 1.63. The lowest BCUT2D eigenvalue weighted by Crippen LogP contribution is -1.97. The van der Waals surface area contributed by atoms with Crippen molar-refractivity contribution in [2.45, 2.75) is 11.8 Å². The van der Waals surface area contributed by atoms with Crippen LogP contribution in [0.3, 0.4) is 0 Å². The average Bonchev–Trinajstić information content (AvgIpc) is 2.39. The Labute approximate surface area is 114 Å². The average molecular weight is 271 g/mol. The zero-order chi connectivity index (χ0) is 13.8. The lowest BCUT2D eigenvalue weighted by atomic mass is 10.2. The number of hydrogen-bond donors (Lipinski definition) is 1. The van der Waals surface area contributed by atoms with Crippen LogP contribution in [0.15, 0.2) is 41.3 Å². The van der Waals surface area contributed by atoms with E-state index in [1.807, 2.05) is 24.3 Å². The molecule has 1 heterocycles. The predicted molar refractivity (Wildman–Crippen MR) is 75.7 cm³/mol. The van der Waals surface area contributed by atoms with Crippen LogP contribution < -0.4 is 5.32 Å².